The Morgan fingerprint density at radius 1 is 1.25 bits per heavy atom. The van der Waals surface area contributed by atoms with Crippen LogP contribution in [0, 0.1) is 12.3 Å². The Morgan fingerprint density at radius 3 is 2.55 bits per heavy atom. The molecule has 1 N–H and O–H groups in total. The van der Waals surface area contributed by atoms with E-state index in [4.69, 9.17) is 16.0 Å². The Balaban J connectivity index is 2.46. The van der Waals surface area contributed by atoms with Crippen molar-refractivity contribution in [1.82, 2.24) is 5.32 Å². The smallest absolute Gasteiger partial charge is 0.152 e. The molecule has 1 atom stereocenters. The molecule has 2 rings (SSSR count). The maximum Gasteiger partial charge on any atom is 0.152 e. The SMILES string of the molecule is CCCNC(c1cc2cc(C)cc(Cl)c2o1)C(C)(C)C. The number of rotatable bonds is 4. The number of halogens is 1. The normalized spacial score (nSPS) is 13.9. The molecule has 0 saturated heterocycles. The van der Waals surface area contributed by atoms with Crippen LogP contribution in [0.3, 0.4) is 0 Å². The van der Waals surface area contributed by atoms with Crippen molar-refractivity contribution in [2.24, 2.45) is 5.41 Å². The lowest BCUT2D eigenvalue weighted by molar-refractivity contribution is 0.242. The topological polar surface area (TPSA) is 25.2 Å². The largest absolute Gasteiger partial charge is 0.458 e. The number of benzene rings is 1. The first kappa shape index (κ1) is 15.4. The van der Waals surface area contributed by atoms with Gasteiger partial charge in [0, 0.05) is 5.39 Å². The van der Waals surface area contributed by atoms with Gasteiger partial charge in [0.05, 0.1) is 11.1 Å². The highest BCUT2D eigenvalue weighted by Crippen LogP contribution is 2.37. The van der Waals surface area contributed by atoms with Gasteiger partial charge in [-0.2, -0.15) is 0 Å². The van der Waals surface area contributed by atoms with Crippen molar-refractivity contribution < 1.29 is 4.42 Å². The molecule has 0 radical (unpaired) electrons. The van der Waals surface area contributed by atoms with Crippen molar-refractivity contribution in [2.45, 2.75) is 47.1 Å². The molecule has 0 aliphatic rings. The van der Waals surface area contributed by atoms with Crippen LogP contribution < -0.4 is 5.32 Å². The molecule has 1 aromatic carbocycles. The van der Waals surface area contributed by atoms with E-state index in [1.807, 2.05) is 6.07 Å². The van der Waals surface area contributed by atoms with Crippen molar-refractivity contribution in [2.75, 3.05) is 6.54 Å². The summed E-state index contributed by atoms with van der Waals surface area (Å²) in [6.45, 7) is 11.9. The average Bonchev–Trinajstić information content (AvgIpc) is 2.71. The summed E-state index contributed by atoms with van der Waals surface area (Å²) in [4.78, 5) is 0. The molecule has 3 heteroatoms. The van der Waals surface area contributed by atoms with Gasteiger partial charge in [-0.25, -0.2) is 0 Å². The van der Waals surface area contributed by atoms with Crippen LogP contribution in [0.5, 0.6) is 0 Å². The highest BCUT2D eigenvalue weighted by atomic mass is 35.5. The third-order valence-electron chi connectivity index (χ3n) is 3.48. The third-order valence-corrected chi connectivity index (χ3v) is 3.76. The van der Waals surface area contributed by atoms with Gasteiger partial charge in [-0.1, -0.05) is 39.3 Å². The van der Waals surface area contributed by atoms with Gasteiger partial charge in [-0.15, -0.1) is 0 Å². The summed E-state index contributed by atoms with van der Waals surface area (Å²) in [6, 6.07) is 6.37. The van der Waals surface area contributed by atoms with Crippen LogP contribution >= 0.6 is 11.6 Å². The van der Waals surface area contributed by atoms with Gasteiger partial charge in [-0.3, -0.25) is 0 Å². The number of fused-ring (bicyclic) bond motifs is 1. The molecule has 110 valence electrons. The maximum atomic E-state index is 6.28. The molecule has 0 bridgehead atoms. The molecule has 1 unspecified atom stereocenters. The molecule has 0 aliphatic heterocycles. The van der Waals surface area contributed by atoms with Gasteiger partial charge >= 0.3 is 0 Å². The monoisotopic (exact) mass is 293 g/mol. The number of hydrogen-bond acceptors (Lipinski definition) is 2. The summed E-state index contributed by atoms with van der Waals surface area (Å²) in [5, 5.41) is 5.35. The van der Waals surface area contributed by atoms with Gasteiger partial charge < -0.3 is 9.73 Å². The summed E-state index contributed by atoms with van der Waals surface area (Å²) < 4.78 is 6.05. The second-order valence-electron chi connectivity index (χ2n) is 6.57. The standard InChI is InChI=1S/C17H24ClNO/c1-6-7-19-16(17(3,4)5)14-10-12-8-11(2)9-13(18)15(12)20-14/h8-10,16,19H,6-7H2,1-5H3. The molecule has 2 nitrogen and oxygen atoms in total. The van der Waals surface area contributed by atoms with Gasteiger partial charge in [0.2, 0.25) is 0 Å². The van der Waals surface area contributed by atoms with Gasteiger partial charge in [0.1, 0.15) is 5.76 Å². The van der Waals surface area contributed by atoms with E-state index in [2.05, 4.69) is 52.1 Å². The fourth-order valence-corrected chi connectivity index (χ4v) is 2.86. The highest BCUT2D eigenvalue weighted by Gasteiger charge is 2.28. The molecule has 0 saturated carbocycles. The van der Waals surface area contributed by atoms with Crippen molar-refractivity contribution in [1.29, 1.82) is 0 Å². The predicted molar refractivity (Wildman–Crippen MR) is 86.5 cm³/mol. The maximum absolute atomic E-state index is 6.28. The first-order valence-electron chi connectivity index (χ1n) is 7.26. The lowest BCUT2D eigenvalue weighted by Gasteiger charge is -2.30. The van der Waals surface area contributed by atoms with Gasteiger partial charge in [-0.05, 0) is 49.1 Å². The fraction of sp³-hybridized carbons (Fsp3) is 0.529. The van der Waals surface area contributed by atoms with E-state index in [-0.39, 0.29) is 11.5 Å². The Labute approximate surface area is 126 Å². The zero-order chi connectivity index (χ0) is 14.9. The van der Waals surface area contributed by atoms with Crippen molar-refractivity contribution in [3.05, 3.63) is 34.5 Å². The van der Waals surface area contributed by atoms with Crippen LogP contribution in [0.4, 0.5) is 0 Å². The molecule has 20 heavy (non-hydrogen) atoms. The molecule has 0 spiro atoms. The van der Waals surface area contributed by atoms with E-state index in [1.54, 1.807) is 0 Å². The van der Waals surface area contributed by atoms with Crippen molar-refractivity contribution in [3.63, 3.8) is 0 Å². The average molecular weight is 294 g/mol. The quantitative estimate of drug-likeness (QED) is 0.807. The Bertz CT molecular complexity index is 595. The number of aryl methyl sites for hydroxylation is 1. The van der Waals surface area contributed by atoms with Crippen LogP contribution in [0.15, 0.2) is 22.6 Å². The van der Waals surface area contributed by atoms with Crippen LogP contribution in [0.25, 0.3) is 11.0 Å². The second kappa shape index (κ2) is 5.79. The number of furan rings is 1. The highest BCUT2D eigenvalue weighted by molar-refractivity contribution is 6.34. The first-order valence-corrected chi connectivity index (χ1v) is 7.63. The molecule has 1 aromatic heterocycles. The molecule has 0 fully saturated rings. The lowest BCUT2D eigenvalue weighted by Crippen LogP contribution is -2.32. The van der Waals surface area contributed by atoms with Gasteiger partial charge in [0.15, 0.2) is 5.58 Å². The minimum Gasteiger partial charge on any atom is -0.458 e. The Hall–Kier alpha value is -0.990. The van der Waals surface area contributed by atoms with Crippen molar-refractivity contribution in [3.8, 4) is 0 Å². The van der Waals surface area contributed by atoms with Crippen LogP contribution in [-0.2, 0) is 0 Å². The number of nitrogens with one attached hydrogen (secondary N) is 1. The molecule has 1 heterocycles. The summed E-state index contributed by atoms with van der Waals surface area (Å²) >= 11 is 6.28. The van der Waals surface area contributed by atoms with Crippen molar-refractivity contribution >= 4 is 22.6 Å². The molecule has 0 amide bonds. The zero-order valence-electron chi connectivity index (χ0n) is 13.0. The minimum atomic E-state index is 0.0879. The number of hydrogen-bond donors (Lipinski definition) is 1. The molecule has 2 aromatic rings. The summed E-state index contributed by atoms with van der Waals surface area (Å²) in [6.07, 6.45) is 1.10. The van der Waals surface area contributed by atoms with E-state index in [0.717, 1.165) is 35.3 Å². The van der Waals surface area contributed by atoms with E-state index in [0.29, 0.717) is 5.02 Å². The summed E-state index contributed by atoms with van der Waals surface area (Å²) in [7, 11) is 0. The van der Waals surface area contributed by atoms with Crippen LogP contribution in [0.2, 0.25) is 5.02 Å². The minimum absolute atomic E-state index is 0.0879. The van der Waals surface area contributed by atoms with E-state index in [9.17, 15) is 0 Å². The second-order valence-corrected chi connectivity index (χ2v) is 6.97. The lowest BCUT2D eigenvalue weighted by atomic mass is 9.85. The molecule has 0 aliphatic carbocycles. The molecular formula is C17H24ClNO. The van der Waals surface area contributed by atoms with E-state index in [1.165, 1.54) is 0 Å². The van der Waals surface area contributed by atoms with Crippen LogP contribution in [-0.4, -0.2) is 6.54 Å². The summed E-state index contributed by atoms with van der Waals surface area (Å²) in [5.74, 6) is 0.966. The Morgan fingerprint density at radius 2 is 1.95 bits per heavy atom. The summed E-state index contributed by atoms with van der Waals surface area (Å²) in [5.41, 5.74) is 2.04. The van der Waals surface area contributed by atoms with Crippen LogP contribution in [0.1, 0.15) is 51.5 Å². The van der Waals surface area contributed by atoms with E-state index < -0.39 is 0 Å². The predicted octanol–water partition coefficient (Wildman–Crippen LogP) is 5.48. The zero-order valence-corrected chi connectivity index (χ0v) is 13.8. The molecular weight excluding hydrogens is 270 g/mol. The third kappa shape index (κ3) is 3.18. The first-order chi connectivity index (χ1) is 9.32. The van der Waals surface area contributed by atoms with Gasteiger partial charge in [0.25, 0.3) is 0 Å². The fourth-order valence-electron chi connectivity index (χ4n) is 2.54. The van der Waals surface area contributed by atoms with E-state index >= 15 is 0 Å². The Kier molecular flexibility index (Phi) is 4.46.